The second-order valence-electron chi connectivity index (χ2n) is 7.20. The van der Waals surface area contributed by atoms with Crippen LogP contribution in [0.1, 0.15) is 32.1 Å². The van der Waals surface area contributed by atoms with Crippen molar-refractivity contribution in [1.82, 2.24) is 4.40 Å². The molecule has 136 valence electrons. The molecular weight excluding hydrogens is 354 g/mol. The van der Waals surface area contributed by atoms with Crippen LogP contribution >= 0.6 is 11.3 Å². The molecule has 1 aliphatic carbocycles. The van der Waals surface area contributed by atoms with Crippen molar-refractivity contribution >= 4 is 26.4 Å². The van der Waals surface area contributed by atoms with Crippen LogP contribution in [0.2, 0.25) is 0 Å². The third kappa shape index (κ3) is 3.04. The fourth-order valence-corrected chi connectivity index (χ4v) is 5.01. The Kier molecular flexibility index (Phi) is 4.21. The predicted molar refractivity (Wildman–Crippen MR) is 112 cm³/mol. The lowest BCUT2D eigenvalue weighted by Gasteiger charge is -2.22. The average molecular weight is 375 g/mol. The van der Waals surface area contributed by atoms with Gasteiger partial charge < -0.3 is 4.74 Å². The highest BCUT2D eigenvalue weighted by Crippen LogP contribution is 2.31. The van der Waals surface area contributed by atoms with Crippen LogP contribution in [0.4, 0.5) is 0 Å². The number of fused-ring (bicyclic) bond motifs is 3. The minimum Gasteiger partial charge on any atom is -0.490 e. The second-order valence-corrected chi connectivity index (χ2v) is 8.26. The highest BCUT2D eigenvalue weighted by Gasteiger charge is 2.16. The van der Waals surface area contributed by atoms with Gasteiger partial charge in [-0.25, -0.2) is 0 Å². The minimum atomic E-state index is 0.0276. The van der Waals surface area contributed by atoms with Crippen molar-refractivity contribution in [3.63, 3.8) is 0 Å². The monoisotopic (exact) mass is 375 g/mol. The van der Waals surface area contributed by atoms with Crippen LogP contribution in [0.5, 0.6) is 5.75 Å². The Balaban J connectivity index is 1.62. The highest BCUT2D eigenvalue weighted by atomic mass is 32.1. The summed E-state index contributed by atoms with van der Waals surface area (Å²) in [7, 11) is 0. The van der Waals surface area contributed by atoms with E-state index in [0.29, 0.717) is 6.10 Å². The molecule has 0 N–H and O–H groups in total. The number of thiazole rings is 1. The topological polar surface area (TPSA) is 30.7 Å². The summed E-state index contributed by atoms with van der Waals surface area (Å²) in [5.74, 6) is 0.867. The van der Waals surface area contributed by atoms with Crippen molar-refractivity contribution in [2.45, 2.75) is 38.2 Å². The lowest BCUT2D eigenvalue weighted by atomic mass is 9.98. The molecule has 0 unspecified atom stereocenters. The van der Waals surface area contributed by atoms with E-state index in [4.69, 9.17) is 4.74 Å². The van der Waals surface area contributed by atoms with Gasteiger partial charge in [-0.1, -0.05) is 36.8 Å². The summed E-state index contributed by atoms with van der Waals surface area (Å²) in [4.78, 5) is 14.2. The molecule has 1 aliphatic rings. The van der Waals surface area contributed by atoms with Gasteiger partial charge in [-0.2, -0.15) is 0 Å². The molecule has 2 heterocycles. The lowest BCUT2D eigenvalue weighted by Crippen LogP contribution is -2.19. The van der Waals surface area contributed by atoms with Gasteiger partial charge in [0.15, 0.2) is 0 Å². The molecule has 0 atom stereocenters. The number of benzene rings is 2. The SMILES string of the molecule is O=c1c(-c2ccccc2)ccc2sc3ccc(OC4CCCCC4)cc3n12. The lowest BCUT2D eigenvalue weighted by molar-refractivity contribution is 0.155. The molecule has 4 heteroatoms. The summed E-state index contributed by atoms with van der Waals surface area (Å²) in [6.45, 7) is 0. The Labute approximate surface area is 161 Å². The normalized spacial score (nSPS) is 15.4. The van der Waals surface area contributed by atoms with Gasteiger partial charge in [-0.15, -0.1) is 11.3 Å². The Hall–Kier alpha value is -2.59. The van der Waals surface area contributed by atoms with E-state index < -0.39 is 0 Å². The molecule has 0 bridgehead atoms. The van der Waals surface area contributed by atoms with Gasteiger partial charge in [0.1, 0.15) is 10.6 Å². The van der Waals surface area contributed by atoms with Gasteiger partial charge in [-0.05, 0) is 55.5 Å². The predicted octanol–water partition coefficient (Wildman–Crippen LogP) is 5.89. The smallest absolute Gasteiger partial charge is 0.264 e. The summed E-state index contributed by atoms with van der Waals surface area (Å²) in [6.07, 6.45) is 6.35. The quantitative estimate of drug-likeness (QED) is 0.447. The molecule has 0 aliphatic heterocycles. The van der Waals surface area contributed by atoms with Gasteiger partial charge >= 0.3 is 0 Å². The number of nitrogens with zero attached hydrogens (tertiary/aromatic N) is 1. The fraction of sp³-hybridized carbons (Fsp3) is 0.261. The zero-order valence-electron chi connectivity index (χ0n) is 15.1. The van der Waals surface area contributed by atoms with E-state index in [1.807, 2.05) is 59.0 Å². The zero-order chi connectivity index (χ0) is 18.2. The Morgan fingerprint density at radius 2 is 1.74 bits per heavy atom. The fourth-order valence-electron chi connectivity index (χ4n) is 3.99. The van der Waals surface area contributed by atoms with E-state index >= 15 is 0 Å². The van der Waals surface area contributed by atoms with E-state index in [2.05, 4.69) is 6.07 Å². The second kappa shape index (κ2) is 6.86. The van der Waals surface area contributed by atoms with Gasteiger partial charge in [-0.3, -0.25) is 9.20 Å². The summed E-state index contributed by atoms with van der Waals surface area (Å²) >= 11 is 1.64. The van der Waals surface area contributed by atoms with E-state index in [1.165, 1.54) is 19.3 Å². The number of pyridine rings is 1. The minimum absolute atomic E-state index is 0.0276. The summed E-state index contributed by atoms with van der Waals surface area (Å²) in [5.41, 5.74) is 2.64. The van der Waals surface area contributed by atoms with Crippen molar-refractivity contribution < 1.29 is 4.74 Å². The molecular formula is C23H21NO2S. The van der Waals surface area contributed by atoms with E-state index in [9.17, 15) is 4.79 Å². The molecule has 0 spiro atoms. The molecule has 27 heavy (non-hydrogen) atoms. The molecule has 0 saturated heterocycles. The Morgan fingerprint density at radius 3 is 2.56 bits per heavy atom. The van der Waals surface area contributed by atoms with Crippen LogP contribution in [0, 0.1) is 0 Å². The van der Waals surface area contributed by atoms with Gasteiger partial charge in [0.25, 0.3) is 5.56 Å². The molecule has 2 aromatic carbocycles. The van der Waals surface area contributed by atoms with Crippen LogP contribution in [-0.4, -0.2) is 10.5 Å². The maximum Gasteiger partial charge on any atom is 0.264 e. The maximum atomic E-state index is 13.2. The first-order valence-corrected chi connectivity index (χ1v) is 10.4. The standard InChI is InChI=1S/C23H21NO2S/c25-23-19(16-7-3-1-4-8-16)12-14-22-24(23)20-15-18(11-13-21(20)27-22)26-17-9-5-2-6-10-17/h1,3-4,7-8,11-15,17H,2,5-6,9-10H2. The van der Waals surface area contributed by atoms with Crippen LogP contribution in [0.25, 0.3) is 26.2 Å². The highest BCUT2D eigenvalue weighted by molar-refractivity contribution is 7.23. The molecule has 4 aromatic rings. The first kappa shape index (κ1) is 16.6. The number of hydrogen-bond acceptors (Lipinski definition) is 3. The number of hydrogen-bond donors (Lipinski definition) is 0. The average Bonchev–Trinajstić information content (AvgIpc) is 3.08. The third-order valence-corrected chi connectivity index (χ3v) is 6.46. The summed E-state index contributed by atoms with van der Waals surface area (Å²) in [5, 5.41) is 0. The van der Waals surface area contributed by atoms with Gasteiger partial charge in [0.2, 0.25) is 0 Å². The Bertz CT molecular complexity index is 1150. The molecule has 3 nitrogen and oxygen atoms in total. The molecule has 1 fully saturated rings. The molecule has 2 aromatic heterocycles. The summed E-state index contributed by atoms with van der Waals surface area (Å²) < 4.78 is 9.16. The zero-order valence-corrected chi connectivity index (χ0v) is 15.9. The van der Waals surface area contributed by atoms with E-state index in [0.717, 1.165) is 44.8 Å². The van der Waals surface area contributed by atoms with Gasteiger partial charge in [0, 0.05) is 11.6 Å². The molecule has 0 radical (unpaired) electrons. The van der Waals surface area contributed by atoms with Crippen molar-refractivity contribution in [1.29, 1.82) is 0 Å². The number of aromatic nitrogens is 1. The van der Waals surface area contributed by atoms with Crippen molar-refractivity contribution in [2.75, 3.05) is 0 Å². The van der Waals surface area contributed by atoms with Crippen LogP contribution in [-0.2, 0) is 0 Å². The van der Waals surface area contributed by atoms with Crippen molar-refractivity contribution in [2.24, 2.45) is 0 Å². The van der Waals surface area contributed by atoms with Crippen LogP contribution in [0.3, 0.4) is 0 Å². The molecule has 0 amide bonds. The first-order chi connectivity index (χ1) is 13.3. The van der Waals surface area contributed by atoms with Crippen LogP contribution < -0.4 is 10.3 Å². The molecule has 5 rings (SSSR count). The summed E-state index contributed by atoms with van der Waals surface area (Å²) in [6, 6.07) is 20.0. The largest absolute Gasteiger partial charge is 0.490 e. The van der Waals surface area contributed by atoms with Gasteiger partial charge in [0.05, 0.1) is 16.3 Å². The third-order valence-electron chi connectivity index (χ3n) is 5.37. The van der Waals surface area contributed by atoms with Crippen LogP contribution in [0.15, 0.2) is 65.5 Å². The number of rotatable bonds is 3. The first-order valence-electron chi connectivity index (χ1n) is 9.60. The maximum absolute atomic E-state index is 13.2. The Morgan fingerprint density at radius 1 is 0.926 bits per heavy atom. The van der Waals surface area contributed by atoms with Crippen molar-refractivity contribution in [3.8, 4) is 16.9 Å². The molecule has 1 saturated carbocycles. The van der Waals surface area contributed by atoms with Crippen molar-refractivity contribution in [3.05, 3.63) is 71.0 Å². The van der Waals surface area contributed by atoms with E-state index in [1.54, 1.807) is 11.3 Å². The van der Waals surface area contributed by atoms with E-state index in [-0.39, 0.29) is 5.56 Å². The number of ether oxygens (including phenoxy) is 1.